The number of hydrogen-bond donors (Lipinski definition) is 2. The third-order valence-corrected chi connectivity index (χ3v) is 7.15. The second-order valence-corrected chi connectivity index (χ2v) is 9.26. The van der Waals surface area contributed by atoms with Crippen LogP contribution in [0.1, 0.15) is 37.6 Å². The van der Waals surface area contributed by atoms with Crippen molar-refractivity contribution in [3.8, 4) is 18.1 Å². The molecule has 2 N–H and O–H groups in total. The Labute approximate surface area is 199 Å². The Morgan fingerprint density at radius 2 is 2.18 bits per heavy atom. The number of aromatic amines is 1. The highest BCUT2D eigenvalue weighted by atomic mass is 16.5. The predicted molar refractivity (Wildman–Crippen MR) is 131 cm³/mol. The van der Waals surface area contributed by atoms with Crippen LogP contribution in [0.3, 0.4) is 0 Å². The molecule has 1 aliphatic carbocycles. The van der Waals surface area contributed by atoms with Gasteiger partial charge in [-0.2, -0.15) is 0 Å². The first-order valence-electron chi connectivity index (χ1n) is 11.9. The quantitative estimate of drug-likeness (QED) is 0.378. The molecule has 5 rings (SSSR count). The molecule has 1 aromatic heterocycles. The van der Waals surface area contributed by atoms with Crippen LogP contribution in [0.5, 0.6) is 5.75 Å². The van der Waals surface area contributed by atoms with Gasteiger partial charge in [0.05, 0.1) is 19.2 Å². The van der Waals surface area contributed by atoms with Crippen molar-refractivity contribution in [2.75, 3.05) is 26.2 Å². The monoisotopic (exact) mass is 458 g/mol. The SMILES string of the molecule is C#CCNCCN1C(=O)N2[C@H](C3C=CC=CC3)c3[nH]c4ccc(OCC)cc4c3CC2(C)C1=O. The number of imide groups is 1. The Kier molecular flexibility index (Phi) is 5.70. The molecule has 7 heteroatoms. The average Bonchev–Trinajstić information content (AvgIpc) is 3.28. The van der Waals surface area contributed by atoms with E-state index in [0.717, 1.165) is 34.3 Å². The third-order valence-electron chi connectivity index (χ3n) is 7.15. The second-order valence-electron chi connectivity index (χ2n) is 9.26. The van der Waals surface area contributed by atoms with Gasteiger partial charge in [0, 0.05) is 42.0 Å². The molecule has 1 aromatic carbocycles. The lowest BCUT2D eigenvalue weighted by atomic mass is 9.78. The van der Waals surface area contributed by atoms with Crippen molar-refractivity contribution < 1.29 is 14.3 Å². The summed E-state index contributed by atoms with van der Waals surface area (Å²) >= 11 is 0. The fourth-order valence-electron chi connectivity index (χ4n) is 5.62. The van der Waals surface area contributed by atoms with Gasteiger partial charge in [0.2, 0.25) is 0 Å². The topological polar surface area (TPSA) is 77.7 Å². The number of nitrogens with zero attached hydrogens (tertiary/aromatic N) is 2. The molecule has 0 radical (unpaired) electrons. The lowest BCUT2D eigenvalue weighted by Crippen LogP contribution is -2.54. The van der Waals surface area contributed by atoms with Gasteiger partial charge in [0.1, 0.15) is 11.3 Å². The van der Waals surface area contributed by atoms with Gasteiger partial charge in [-0.05, 0) is 44.0 Å². The summed E-state index contributed by atoms with van der Waals surface area (Å²) in [6, 6.07) is 5.52. The van der Waals surface area contributed by atoms with E-state index in [1.807, 2.05) is 49.1 Å². The molecule has 2 aromatic rings. The van der Waals surface area contributed by atoms with E-state index < -0.39 is 5.54 Å². The Bertz CT molecular complexity index is 1240. The van der Waals surface area contributed by atoms with Crippen molar-refractivity contribution in [3.63, 3.8) is 0 Å². The van der Waals surface area contributed by atoms with Crippen LogP contribution in [0.4, 0.5) is 4.79 Å². The molecule has 1 saturated heterocycles. The van der Waals surface area contributed by atoms with Gasteiger partial charge in [-0.25, -0.2) is 4.79 Å². The minimum atomic E-state index is -0.952. The number of fused-ring (bicyclic) bond motifs is 4. The number of amides is 3. The van der Waals surface area contributed by atoms with Gasteiger partial charge in [-0.1, -0.05) is 30.2 Å². The Morgan fingerprint density at radius 1 is 1.32 bits per heavy atom. The number of urea groups is 1. The van der Waals surface area contributed by atoms with Crippen molar-refractivity contribution >= 4 is 22.8 Å². The van der Waals surface area contributed by atoms with Crippen LogP contribution in [0, 0.1) is 18.3 Å². The van der Waals surface area contributed by atoms with E-state index in [0.29, 0.717) is 32.7 Å². The molecule has 1 fully saturated rings. The van der Waals surface area contributed by atoms with E-state index in [4.69, 9.17) is 11.2 Å². The lowest BCUT2D eigenvalue weighted by Gasteiger charge is -2.45. The molecule has 3 heterocycles. The highest BCUT2D eigenvalue weighted by Gasteiger charge is 2.60. The molecule has 176 valence electrons. The van der Waals surface area contributed by atoms with Gasteiger partial charge in [-0.15, -0.1) is 6.42 Å². The molecule has 3 aliphatic rings. The number of hydrogen-bond acceptors (Lipinski definition) is 4. The number of terminal acetylenes is 1. The van der Waals surface area contributed by atoms with E-state index in [1.165, 1.54) is 4.90 Å². The maximum Gasteiger partial charge on any atom is 0.328 e. The van der Waals surface area contributed by atoms with Crippen molar-refractivity contribution in [3.05, 3.63) is 53.8 Å². The summed E-state index contributed by atoms with van der Waals surface area (Å²) < 4.78 is 5.75. The number of allylic oxidation sites excluding steroid dienone is 3. The molecule has 3 amide bonds. The largest absolute Gasteiger partial charge is 0.494 e. The zero-order valence-electron chi connectivity index (χ0n) is 19.6. The summed E-state index contributed by atoms with van der Waals surface area (Å²) in [5, 5.41) is 4.14. The van der Waals surface area contributed by atoms with Crippen molar-refractivity contribution in [1.82, 2.24) is 20.1 Å². The summed E-state index contributed by atoms with van der Waals surface area (Å²) in [6.07, 6.45) is 14.9. The third kappa shape index (κ3) is 3.41. The molecular weight excluding hydrogens is 428 g/mol. The summed E-state index contributed by atoms with van der Waals surface area (Å²) in [6.45, 7) is 5.62. The molecular formula is C27H30N4O3. The number of carbonyl (C=O) groups is 2. The van der Waals surface area contributed by atoms with Crippen LogP contribution < -0.4 is 10.1 Å². The standard InChI is InChI=1S/C27H30N4O3/c1-4-13-28-14-15-30-25(32)27(3)17-21-20-16-19(34-5-2)11-12-22(20)29-23(21)24(31(27)26(30)33)18-9-7-6-8-10-18/h1,6-9,11-12,16,18,24,28-29H,5,10,13-15,17H2,2-3H3/t18?,24-,27?/m1/s1. The minimum absolute atomic E-state index is 0.0686. The van der Waals surface area contributed by atoms with Crippen molar-refractivity contribution in [2.45, 2.75) is 38.3 Å². The molecule has 3 atom stereocenters. The van der Waals surface area contributed by atoms with E-state index >= 15 is 0 Å². The average molecular weight is 459 g/mol. The van der Waals surface area contributed by atoms with Crippen LogP contribution in [-0.2, 0) is 11.2 Å². The number of benzene rings is 1. The van der Waals surface area contributed by atoms with Gasteiger partial charge < -0.3 is 19.9 Å². The van der Waals surface area contributed by atoms with Gasteiger partial charge in [0.15, 0.2) is 0 Å². The highest BCUT2D eigenvalue weighted by molar-refractivity contribution is 6.08. The Morgan fingerprint density at radius 3 is 2.91 bits per heavy atom. The Balaban J connectivity index is 1.60. The van der Waals surface area contributed by atoms with E-state index in [-0.39, 0.29) is 23.9 Å². The van der Waals surface area contributed by atoms with E-state index in [1.54, 1.807) is 0 Å². The fraction of sp³-hybridized carbons (Fsp3) is 0.407. The van der Waals surface area contributed by atoms with Gasteiger partial charge in [0.25, 0.3) is 5.91 Å². The maximum absolute atomic E-state index is 13.7. The number of nitrogens with one attached hydrogen (secondary N) is 2. The van der Waals surface area contributed by atoms with E-state index in [9.17, 15) is 9.59 Å². The molecule has 2 unspecified atom stereocenters. The van der Waals surface area contributed by atoms with Crippen molar-refractivity contribution in [2.24, 2.45) is 5.92 Å². The second kappa shape index (κ2) is 8.69. The molecule has 0 saturated carbocycles. The highest BCUT2D eigenvalue weighted by Crippen LogP contribution is 2.50. The summed E-state index contributed by atoms with van der Waals surface area (Å²) in [7, 11) is 0. The number of carbonyl (C=O) groups excluding carboxylic acids is 2. The zero-order chi connectivity index (χ0) is 23.9. The van der Waals surface area contributed by atoms with Crippen LogP contribution in [0.2, 0.25) is 0 Å². The zero-order valence-corrected chi connectivity index (χ0v) is 19.6. The first-order chi connectivity index (χ1) is 16.5. The summed E-state index contributed by atoms with van der Waals surface area (Å²) in [4.78, 5) is 34.3. The number of aromatic nitrogens is 1. The molecule has 7 nitrogen and oxygen atoms in total. The molecule has 34 heavy (non-hydrogen) atoms. The van der Waals surface area contributed by atoms with Crippen LogP contribution in [0.15, 0.2) is 42.5 Å². The molecule has 0 spiro atoms. The number of rotatable bonds is 7. The van der Waals surface area contributed by atoms with Gasteiger partial charge >= 0.3 is 6.03 Å². The number of ether oxygens (including phenoxy) is 1. The smallest absolute Gasteiger partial charge is 0.328 e. The summed E-state index contributed by atoms with van der Waals surface area (Å²) in [5.74, 6) is 3.24. The molecule has 0 bridgehead atoms. The van der Waals surface area contributed by atoms with Crippen LogP contribution in [0.25, 0.3) is 10.9 Å². The Hall–Kier alpha value is -3.50. The van der Waals surface area contributed by atoms with Gasteiger partial charge in [-0.3, -0.25) is 9.69 Å². The fourth-order valence-corrected chi connectivity index (χ4v) is 5.62. The van der Waals surface area contributed by atoms with Crippen LogP contribution in [-0.4, -0.2) is 58.5 Å². The number of H-pyrrole nitrogens is 1. The minimum Gasteiger partial charge on any atom is -0.494 e. The van der Waals surface area contributed by atoms with Crippen LogP contribution >= 0.6 is 0 Å². The first-order valence-corrected chi connectivity index (χ1v) is 11.9. The van der Waals surface area contributed by atoms with Crippen molar-refractivity contribution in [1.29, 1.82) is 0 Å². The predicted octanol–water partition coefficient (Wildman–Crippen LogP) is 3.54. The normalized spacial score (nSPS) is 25.6. The van der Waals surface area contributed by atoms with E-state index in [2.05, 4.69) is 28.4 Å². The first kappa shape index (κ1) is 22.3. The molecule has 2 aliphatic heterocycles. The maximum atomic E-state index is 13.7. The summed E-state index contributed by atoms with van der Waals surface area (Å²) in [5.41, 5.74) is 2.15. The lowest BCUT2D eigenvalue weighted by molar-refractivity contribution is -0.133.